The first-order chi connectivity index (χ1) is 10.5. The van der Waals surface area contributed by atoms with Crippen molar-refractivity contribution in [3.05, 3.63) is 76.9 Å². The van der Waals surface area contributed by atoms with Crippen molar-refractivity contribution in [2.24, 2.45) is 0 Å². The summed E-state index contributed by atoms with van der Waals surface area (Å²) in [5.74, 6) is -1.46. The molecule has 1 N–H and O–H groups in total. The number of benzene rings is 2. The van der Waals surface area contributed by atoms with Crippen LogP contribution in [0.4, 0.5) is 8.78 Å². The number of carbonyl (C=O) groups is 1. The standard InChI is InChI=1S/C18H17F2NO/c1-13-2-4-14(5-3-13)6-7-18(22)21-9-8-15-10-16(19)12-17(20)11-15/h2-7,10-12H,8-9H2,1H3,(H,21,22)/b7-6+. The van der Waals surface area contributed by atoms with Gasteiger partial charge in [0.1, 0.15) is 11.6 Å². The van der Waals surface area contributed by atoms with E-state index in [1.165, 1.54) is 18.2 Å². The van der Waals surface area contributed by atoms with Gasteiger partial charge in [-0.15, -0.1) is 0 Å². The molecule has 2 aromatic rings. The average molecular weight is 301 g/mol. The maximum atomic E-state index is 13.0. The maximum absolute atomic E-state index is 13.0. The number of carbonyl (C=O) groups excluding carboxylic acids is 1. The van der Waals surface area contributed by atoms with Crippen LogP contribution in [0.2, 0.25) is 0 Å². The first kappa shape index (κ1) is 15.9. The molecule has 0 saturated carbocycles. The molecule has 0 fully saturated rings. The monoisotopic (exact) mass is 301 g/mol. The van der Waals surface area contributed by atoms with E-state index in [9.17, 15) is 13.6 Å². The second kappa shape index (κ2) is 7.50. The normalized spacial score (nSPS) is 10.9. The molecule has 1 amide bonds. The molecule has 0 spiro atoms. The van der Waals surface area contributed by atoms with Crippen molar-refractivity contribution in [1.29, 1.82) is 0 Å². The molecule has 0 aliphatic heterocycles. The average Bonchev–Trinajstić information content (AvgIpc) is 2.46. The quantitative estimate of drug-likeness (QED) is 0.839. The van der Waals surface area contributed by atoms with Crippen LogP contribution in [0.1, 0.15) is 16.7 Å². The molecule has 0 aliphatic rings. The second-order valence-corrected chi connectivity index (χ2v) is 5.06. The van der Waals surface area contributed by atoms with Gasteiger partial charge in [0.05, 0.1) is 0 Å². The Balaban J connectivity index is 1.81. The van der Waals surface area contributed by atoms with Crippen molar-refractivity contribution in [2.75, 3.05) is 6.54 Å². The van der Waals surface area contributed by atoms with Gasteiger partial charge < -0.3 is 5.32 Å². The van der Waals surface area contributed by atoms with Gasteiger partial charge >= 0.3 is 0 Å². The molecule has 2 nitrogen and oxygen atoms in total. The molecule has 22 heavy (non-hydrogen) atoms. The number of halogens is 2. The summed E-state index contributed by atoms with van der Waals surface area (Å²) in [6.45, 7) is 2.31. The summed E-state index contributed by atoms with van der Waals surface area (Å²) < 4.78 is 26.0. The third kappa shape index (κ3) is 5.13. The molecule has 0 aromatic heterocycles. The van der Waals surface area contributed by atoms with Gasteiger partial charge in [-0.25, -0.2) is 8.78 Å². The highest BCUT2D eigenvalue weighted by Crippen LogP contribution is 2.08. The lowest BCUT2D eigenvalue weighted by atomic mass is 10.1. The van der Waals surface area contributed by atoms with Crippen molar-refractivity contribution in [3.8, 4) is 0 Å². The van der Waals surface area contributed by atoms with Crippen LogP contribution < -0.4 is 5.32 Å². The molecular weight excluding hydrogens is 284 g/mol. The lowest BCUT2D eigenvalue weighted by molar-refractivity contribution is -0.116. The lowest BCUT2D eigenvalue weighted by Crippen LogP contribution is -2.23. The Hall–Kier alpha value is -2.49. The van der Waals surface area contributed by atoms with Crippen LogP contribution in [0.25, 0.3) is 6.08 Å². The Kier molecular flexibility index (Phi) is 5.42. The first-order valence-corrected chi connectivity index (χ1v) is 7.00. The molecule has 0 heterocycles. The Bertz CT molecular complexity index is 658. The second-order valence-electron chi connectivity index (χ2n) is 5.06. The Morgan fingerprint density at radius 1 is 1.09 bits per heavy atom. The van der Waals surface area contributed by atoms with E-state index in [0.717, 1.165) is 17.2 Å². The van der Waals surface area contributed by atoms with Crippen molar-refractivity contribution in [2.45, 2.75) is 13.3 Å². The van der Waals surface area contributed by atoms with Gasteiger partial charge in [0.2, 0.25) is 5.91 Å². The summed E-state index contributed by atoms with van der Waals surface area (Å²) in [5, 5.41) is 2.68. The molecule has 0 atom stereocenters. The molecule has 0 unspecified atom stereocenters. The highest BCUT2D eigenvalue weighted by Gasteiger charge is 2.01. The SMILES string of the molecule is Cc1ccc(/C=C/C(=O)NCCc2cc(F)cc(F)c2)cc1. The predicted molar refractivity (Wildman–Crippen MR) is 83.3 cm³/mol. The lowest BCUT2D eigenvalue weighted by Gasteiger charge is -2.03. The van der Waals surface area contributed by atoms with E-state index in [1.54, 1.807) is 6.08 Å². The molecule has 4 heteroatoms. The minimum atomic E-state index is -0.611. The van der Waals surface area contributed by atoms with E-state index < -0.39 is 11.6 Å². The summed E-state index contributed by atoms with van der Waals surface area (Å²) in [4.78, 5) is 11.7. The van der Waals surface area contributed by atoms with Crippen LogP contribution in [0.15, 0.2) is 48.5 Å². The van der Waals surface area contributed by atoms with Gasteiger partial charge in [0.25, 0.3) is 0 Å². The summed E-state index contributed by atoms with van der Waals surface area (Å²) in [5.41, 5.74) is 2.61. The van der Waals surface area contributed by atoms with Gasteiger partial charge in [-0.3, -0.25) is 4.79 Å². The highest BCUT2D eigenvalue weighted by molar-refractivity contribution is 5.91. The van der Waals surface area contributed by atoms with Crippen LogP contribution in [-0.2, 0) is 11.2 Å². The van der Waals surface area contributed by atoms with Gasteiger partial charge in [-0.1, -0.05) is 29.8 Å². The van der Waals surface area contributed by atoms with Crippen molar-refractivity contribution in [1.82, 2.24) is 5.32 Å². The summed E-state index contributed by atoms with van der Waals surface area (Å²) in [7, 11) is 0. The fourth-order valence-corrected chi connectivity index (χ4v) is 1.99. The van der Waals surface area contributed by atoms with Crippen molar-refractivity contribution >= 4 is 12.0 Å². The van der Waals surface area contributed by atoms with Gasteiger partial charge in [-0.05, 0) is 42.7 Å². The summed E-state index contributed by atoms with van der Waals surface area (Å²) >= 11 is 0. The number of aryl methyl sites for hydroxylation is 1. The zero-order valence-electron chi connectivity index (χ0n) is 12.3. The third-order valence-corrected chi connectivity index (χ3v) is 3.14. The van der Waals surface area contributed by atoms with Gasteiger partial charge in [-0.2, -0.15) is 0 Å². The minimum Gasteiger partial charge on any atom is -0.352 e. The fourth-order valence-electron chi connectivity index (χ4n) is 1.99. The highest BCUT2D eigenvalue weighted by atomic mass is 19.1. The molecule has 0 saturated heterocycles. The van der Waals surface area contributed by atoms with Crippen LogP contribution >= 0.6 is 0 Å². The number of nitrogens with one attached hydrogen (secondary N) is 1. The topological polar surface area (TPSA) is 29.1 Å². The minimum absolute atomic E-state index is 0.238. The van der Waals surface area contributed by atoms with E-state index in [1.807, 2.05) is 31.2 Å². The molecular formula is C18H17F2NO. The fraction of sp³-hybridized carbons (Fsp3) is 0.167. The van der Waals surface area contributed by atoms with Gasteiger partial charge in [0.15, 0.2) is 0 Å². The zero-order chi connectivity index (χ0) is 15.9. The summed E-state index contributed by atoms with van der Waals surface area (Å²) in [6.07, 6.45) is 3.53. The predicted octanol–water partition coefficient (Wildman–Crippen LogP) is 3.65. The van der Waals surface area contributed by atoms with E-state index in [-0.39, 0.29) is 5.91 Å². The molecule has 0 radical (unpaired) electrons. The van der Waals surface area contributed by atoms with E-state index in [4.69, 9.17) is 0 Å². The van der Waals surface area contributed by atoms with E-state index in [2.05, 4.69) is 5.32 Å². The molecule has 0 aliphatic carbocycles. The van der Waals surface area contributed by atoms with Crippen molar-refractivity contribution < 1.29 is 13.6 Å². The molecule has 0 bridgehead atoms. The Morgan fingerprint density at radius 3 is 2.36 bits per heavy atom. The largest absolute Gasteiger partial charge is 0.352 e. The Labute approximate surface area is 128 Å². The molecule has 114 valence electrons. The number of amides is 1. The van der Waals surface area contributed by atoms with Crippen LogP contribution in [-0.4, -0.2) is 12.5 Å². The molecule has 2 aromatic carbocycles. The van der Waals surface area contributed by atoms with Crippen LogP contribution in [0, 0.1) is 18.6 Å². The third-order valence-electron chi connectivity index (χ3n) is 3.14. The van der Waals surface area contributed by atoms with E-state index >= 15 is 0 Å². The van der Waals surface area contributed by atoms with Gasteiger partial charge in [0, 0.05) is 18.7 Å². The van der Waals surface area contributed by atoms with E-state index in [0.29, 0.717) is 18.5 Å². The number of hydrogen-bond acceptors (Lipinski definition) is 1. The van der Waals surface area contributed by atoms with Crippen LogP contribution in [0.5, 0.6) is 0 Å². The number of rotatable bonds is 5. The molecule has 2 rings (SSSR count). The number of hydrogen-bond donors (Lipinski definition) is 1. The van der Waals surface area contributed by atoms with Crippen molar-refractivity contribution in [3.63, 3.8) is 0 Å². The maximum Gasteiger partial charge on any atom is 0.244 e. The smallest absolute Gasteiger partial charge is 0.244 e. The van der Waals surface area contributed by atoms with Crippen LogP contribution in [0.3, 0.4) is 0 Å². The zero-order valence-corrected chi connectivity index (χ0v) is 12.3. The Morgan fingerprint density at radius 2 is 1.73 bits per heavy atom. The summed E-state index contributed by atoms with van der Waals surface area (Å²) in [6, 6.07) is 11.1. The first-order valence-electron chi connectivity index (χ1n) is 7.00.